The Morgan fingerprint density at radius 3 is 2.18 bits per heavy atom. The third-order valence-corrected chi connectivity index (χ3v) is 5.68. The number of hydrogen-bond donors (Lipinski definition) is 2. The largest absolute Gasteiger partial charge is 0.495 e. The number of nitrogens with zero attached hydrogens (tertiary/aromatic N) is 1. The van der Waals surface area contributed by atoms with E-state index in [2.05, 4.69) is 9.69 Å². The standard InChI is InChI=1S/C23H27N3O5S.ClH/c1-6-16(24)23(27)25-17-9-13(7-8-18(17)28-2)15-12-32-26-21(15)14-10-19(29-3)22(31-5)20(11-14)30-4;/h7-12,16H,6,24H2,1-5H3,(H,25,27);1H. The van der Waals surface area contributed by atoms with Crippen molar-refractivity contribution >= 4 is 35.5 Å². The molecule has 1 unspecified atom stereocenters. The Bertz CT molecular complexity index is 1080. The van der Waals surface area contributed by atoms with Crippen LogP contribution in [0.4, 0.5) is 5.69 Å². The Labute approximate surface area is 203 Å². The van der Waals surface area contributed by atoms with E-state index in [1.54, 1.807) is 34.5 Å². The molecular weight excluding hydrogens is 466 g/mol. The van der Waals surface area contributed by atoms with Crippen LogP contribution in [0.3, 0.4) is 0 Å². The number of anilines is 1. The zero-order valence-corrected chi connectivity index (χ0v) is 20.8. The van der Waals surface area contributed by atoms with Crippen LogP contribution in [0.1, 0.15) is 13.3 Å². The molecule has 0 aliphatic carbocycles. The van der Waals surface area contributed by atoms with Gasteiger partial charge in [0.1, 0.15) is 5.75 Å². The van der Waals surface area contributed by atoms with E-state index in [-0.39, 0.29) is 18.3 Å². The average Bonchev–Trinajstić information content (AvgIpc) is 3.32. The van der Waals surface area contributed by atoms with E-state index in [1.165, 1.54) is 11.5 Å². The van der Waals surface area contributed by atoms with Gasteiger partial charge in [-0.3, -0.25) is 4.79 Å². The molecule has 1 heterocycles. The fraction of sp³-hybridized carbons (Fsp3) is 0.304. The zero-order valence-electron chi connectivity index (χ0n) is 19.1. The van der Waals surface area contributed by atoms with Crippen molar-refractivity contribution in [3.05, 3.63) is 35.7 Å². The Hall–Kier alpha value is -3.01. The third kappa shape index (κ3) is 5.50. The molecule has 3 rings (SSSR count). The van der Waals surface area contributed by atoms with Crippen LogP contribution >= 0.6 is 23.9 Å². The number of carbonyl (C=O) groups excluding carboxylic acids is 1. The second kappa shape index (κ2) is 11.7. The summed E-state index contributed by atoms with van der Waals surface area (Å²) in [6.45, 7) is 1.86. The highest BCUT2D eigenvalue weighted by atomic mass is 35.5. The van der Waals surface area contributed by atoms with Gasteiger partial charge in [-0.05, 0) is 47.8 Å². The number of hydrogen-bond acceptors (Lipinski definition) is 8. The van der Waals surface area contributed by atoms with Gasteiger partial charge in [0, 0.05) is 16.5 Å². The van der Waals surface area contributed by atoms with Crippen LogP contribution in [-0.4, -0.2) is 44.8 Å². The molecular formula is C23H28ClN3O5S. The molecule has 3 N–H and O–H groups in total. The van der Waals surface area contributed by atoms with Crippen LogP contribution < -0.4 is 30.0 Å². The van der Waals surface area contributed by atoms with Crippen molar-refractivity contribution in [3.8, 4) is 45.4 Å². The molecule has 1 atom stereocenters. The molecule has 2 aromatic carbocycles. The molecule has 1 aromatic heterocycles. The Morgan fingerprint density at radius 2 is 1.64 bits per heavy atom. The van der Waals surface area contributed by atoms with Gasteiger partial charge < -0.3 is 30.0 Å². The number of benzene rings is 2. The SMILES string of the molecule is CCC(N)C(=O)Nc1cc(-c2csnc2-c2cc(OC)c(OC)c(OC)c2)ccc1OC.Cl. The summed E-state index contributed by atoms with van der Waals surface area (Å²) in [4.78, 5) is 12.4. The number of rotatable bonds is 9. The first-order valence-corrected chi connectivity index (χ1v) is 10.8. The molecule has 33 heavy (non-hydrogen) atoms. The number of halogens is 1. The molecule has 8 nitrogen and oxygen atoms in total. The number of nitrogens with one attached hydrogen (secondary N) is 1. The Kier molecular flexibility index (Phi) is 9.33. The number of methoxy groups -OCH3 is 4. The van der Waals surface area contributed by atoms with Gasteiger partial charge in [0.15, 0.2) is 11.5 Å². The highest BCUT2D eigenvalue weighted by Gasteiger charge is 2.20. The monoisotopic (exact) mass is 493 g/mol. The van der Waals surface area contributed by atoms with E-state index in [0.717, 1.165) is 22.4 Å². The van der Waals surface area contributed by atoms with E-state index < -0.39 is 6.04 Å². The summed E-state index contributed by atoms with van der Waals surface area (Å²) in [5.41, 5.74) is 9.73. The van der Waals surface area contributed by atoms with Crippen LogP contribution in [-0.2, 0) is 4.79 Å². The van der Waals surface area contributed by atoms with Crippen molar-refractivity contribution in [2.45, 2.75) is 19.4 Å². The summed E-state index contributed by atoms with van der Waals surface area (Å²) in [5, 5.41) is 4.81. The fourth-order valence-electron chi connectivity index (χ4n) is 3.25. The van der Waals surface area contributed by atoms with E-state index in [9.17, 15) is 4.79 Å². The van der Waals surface area contributed by atoms with E-state index in [1.807, 2.05) is 36.6 Å². The summed E-state index contributed by atoms with van der Waals surface area (Å²) in [5.74, 6) is 1.87. The molecule has 0 saturated heterocycles. The summed E-state index contributed by atoms with van der Waals surface area (Å²) in [7, 11) is 6.26. The molecule has 0 bridgehead atoms. The number of ether oxygens (including phenoxy) is 4. The quantitative estimate of drug-likeness (QED) is 0.448. The number of nitrogens with two attached hydrogens (primary N) is 1. The van der Waals surface area contributed by atoms with Gasteiger partial charge in [0.05, 0.1) is 45.9 Å². The molecule has 0 aliphatic rings. The second-order valence-electron chi connectivity index (χ2n) is 6.91. The maximum absolute atomic E-state index is 12.4. The van der Waals surface area contributed by atoms with Gasteiger partial charge in [0.25, 0.3) is 0 Å². The lowest BCUT2D eigenvalue weighted by molar-refractivity contribution is -0.117. The summed E-state index contributed by atoms with van der Waals surface area (Å²) in [6.07, 6.45) is 0.535. The van der Waals surface area contributed by atoms with Crippen LogP contribution in [0.15, 0.2) is 35.7 Å². The first kappa shape index (κ1) is 26.2. The highest BCUT2D eigenvalue weighted by Crippen LogP contribution is 2.44. The van der Waals surface area contributed by atoms with Gasteiger partial charge in [-0.2, -0.15) is 4.37 Å². The Morgan fingerprint density at radius 1 is 1.00 bits per heavy atom. The second-order valence-corrected chi connectivity index (χ2v) is 7.54. The summed E-state index contributed by atoms with van der Waals surface area (Å²) in [6, 6.07) is 8.68. The van der Waals surface area contributed by atoms with Gasteiger partial charge in [-0.25, -0.2) is 0 Å². The zero-order chi connectivity index (χ0) is 23.3. The van der Waals surface area contributed by atoms with Crippen molar-refractivity contribution in [1.29, 1.82) is 0 Å². The third-order valence-electron chi connectivity index (χ3n) is 5.05. The minimum atomic E-state index is -0.596. The molecule has 0 saturated carbocycles. The lowest BCUT2D eigenvalue weighted by atomic mass is 10.0. The van der Waals surface area contributed by atoms with E-state index in [4.69, 9.17) is 24.7 Å². The van der Waals surface area contributed by atoms with Crippen molar-refractivity contribution in [3.63, 3.8) is 0 Å². The fourth-order valence-corrected chi connectivity index (χ4v) is 3.97. The maximum atomic E-state index is 12.4. The predicted octanol–water partition coefficient (Wildman–Crippen LogP) is 4.61. The first-order chi connectivity index (χ1) is 15.5. The van der Waals surface area contributed by atoms with Crippen LogP contribution in [0, 0.1) is 0 Å². The molecule has 0 fully saturated rings. The van der Waals surface area contributed by atoms with Gasteiger partial charge >= 0.3 is 0 Å². The molecule has 0 spiro atoms. The van der Waals surface area contributed by atoms with Gasteiger partial charge in [0.2, 0.25) is 11.7 Å². The van der Waals surface area contributed by atoms with Crippen molar-refractivity contribution in [1.82, 2.24) is 4.37 Å². The van der Waals surface area contributed by atoms with Crippen molar-refractivity contribution in [2.24, 2.45) is 5.73 Å². The van der Waals surface area contributed by atoms with Crippen molar-refractivity contribution < 1.29 is 23.7 Å². The maximum Gasteiger partial charge on any atom is 0.241 e. The molecule has 0 radical (unpaired) electrons. The summed E-state index contributed by atoms with van der Waals surface area (Å²) < 4.78 is 26.4. The number of amides is 1. The molecule has 10 heteroatoms. The van der Waals surface area contributed by atoms with Gasteiger partial charge in [-0.1, -0.05) is 13.0 Å². The van der Waals surface area contributed by atoms with Crippen LogP contribution in [0.2, 0.25) is 0 Å². The van der Waals surface area contributed by atoms with Crippen molar-refractivity contribution in [2.75, 3.05) is 33.8 Å². The highest BCUT2D eigenvalue weighted by molar-refractivity contribution is 7.04. The van der Waals surface area contributed by atoms with E-state index >= 15 is 0 Å². The topological polar surface area (TPSA) is 105 Å². The summed E-state index contributed by atoms with van der Waals surface area (Å²) >= 11 is 1.33. The van der Waals surface area contributed by atoms with E-state index in [0.29, 0.717) is 35.1 Å². The number of aromatic nitrogens is 1. The first-order valence-electron chi connectivity index (χ1n) is 9.96. The van der Waals surface area contributed by atoms with Gasteiger partial charge in [-0.15, -0.1) is 12.4 Å². The lowest BCUT2D eigenvalue weighted by Crippen LogP contribution is -2.34. The smallest absolute Gasteiger partial charge is 0.241 e. The minimum Gasteiger partial charge on any atom is -0.495 e. The predicted molar refractivity (Wildman–Crippen MR) is 133 cm³/mol. The average molecular weight is 494 g/mol. The minimum absolute atomic E-state index is 0. The molecule has 178 valence electrons. The Balaban J connectivity index is 0.00000385. The van der Waals surface area contributed by atoms with Crippen LogP contribution in [0.5, 0.6) is 23.0 Å². The normalized spacial score (nSPS) is 11.2. The molecule has 0 aliphatic heterocycles. The lowest BCUT2D eigenvalue weighted by Gasteiger charge is -2.15. The molecule has 3 aromatic rings. The van der Waals surface area contributed by atoms with Crippen LogP contribution in [0.25, 0.3) is 22.4 Å². The number of carbonyl (C=O) groups is 1. The molecule has 1 amide bonds.